The summed E-state index contributed by atoms with van der Waals surface area (Å²) in [6.45, 7) is 2.07. The maximum atomic E-state index is 12.2. The van der Waals surface area contributed by atoms with E-state index in [0.717, 1.165) is 17.3 Å². The van der Waals surface area contributed by atoms with E-state index in [-0.39, 0.29) is 24.0 Å². The third-order valence-corrected chi connectivity index (χ3v) is 5.38. The number of carbonyl (C=O) groups is 1. The SMILES string of the molecule is CC(NC(=O)COc1ccc(Cl)cc1)C1(c2ccc(Br)cc2)CC1. The Kier molecular flexibility index (Phi) is 5.16. The monoisotopic (exact) mass is 407 g/mol. The van der Waals surface area contributed by atoms with Crippen LogP contribution in [0.15, 0.2) is 53.0 Å². The van der Waals surface area contributed by atoms with Crippen molar-refractivity contribution in [3.05, 3.63) is 63.6 Å². The van der Waals surface area contributed by atoms with Gasteiger partial charge < -0.3 is 10.1 Å². The molecular formula is C19H19BrClNO2. The maximum absolute atomic E-state index is 12.2. The minimum absolute atomic E-state index is 0.00237. The molecule has 3 nitrogen and oxygen atoms in total. The van der Waals surface area contributed by atoms with Gasteiger partial charge in [-0.15, -0.1) is 0 Å². The smallest absolute Gasteiger partial charge is 0.258 e. The zero-order valence-corrected chi connectivity index (χ0v) is 15.7. The lowest BCUT2D eigenvalue weighted by Crippen LogP contribution is -2.43. The maximum Gasteiger partial charge on any atom is 0.258 e. The van der Waals surface area contributed by atoms with Crippen molar-refractivity contribution < 1.29 is 9.53 Å². The van der Waals surface area contributed by atoms with Crippen molar-refractivity contribution >= 4 is 33.4 Å². The van der Waals surface area contributed by atoms with Crippen LogP contribution in [0, 0.1) is 0 Å². The molecule has 1 amide bonds. The Hall–Kier alpha value is -1.52. The van der Waals surface area contributed by atoms with E-state index in [1.165, 1.54) is 5.56 Å². The Labute approximate surface area is 155 Å². The first-order valence-corrected chi connectivity index (χ1v) is 9.10. The van der Waals surface area contributed by atoms with Crippen LogP contribution in [0.5, 0.6) is 5.75 Å². The molecule has 5 heteroatoms. The van der Waals surface area contributed by atoms with Gasteiger partial charge in [0.2, 0.25) is 0 Å². The second-order valence-corrected chi connectivity index (χ2v) is 7.55. The van der Waals surface area contributed by atoms with E-state index in [1.54, 1.807) is 24.3 Å². The highest BCUT2D eigenvalue weighted by atomic mass is 79.9. The molecule has 2 aromatic carbocycles. The first-order valence-electron chi connectivity index (χ1n) is 7.93. The van der Waals surface area contributed by atoms with Crippen molar-refractivity contribution in [1.82, 2.24) is 5.32 Å². The minimum atomic E-state index is -0.110. The first kappa shape index (κ1) is 17.3. The van der Waals surface area contributed by atoms with Gasteiger partial charge in [0.05, 0.1) is 0 Å². The van der Waals surface area contributed by atoms with Crippen LogP contribution in [-0.4, -0.2) is 18.6 Å². The molecule has 1 aliphatic carbocycles. The van der Waals surface area contributed by atoms with Crippen LogP contribution in [0.2, 0.25) is 5.02 Å². The number of hydrogen-bond acceptors (Lipinski definition) is 2. The van der Waals surface area contributed by atoms with Gasteiger partial charge in [0.1, 0.15) is 5.75 Å². The van der Waals surface area contributed by atoms with Crippen molar-refractivity contribution in [3.63, 3.8) is 0 Å². The summed E-state index contributed by atoms with van der Waals surface area (Å²) in [5, 5.41) is 3.72. The number of hydrogen-bond donors (Lipinski definition) is 1. The van der Waals surface area contributed by atoms with Crippen LogP contribution in [-0.2, 0) is 10.2 Å². The van der Waals surface area contributed by atoms with Crippen LogP contribution < -0.4 is 10.1 Å². The largest absolute Gasteiger partial charge is 0.484 e. The molecule has 0 aromatic heterocycles. The van der Waals surface area contributed by atoms with E-state index in [4.69, 9.17) is 16.3 Å². The minimum Gasteiger partial charge on any atom is -0.484 e. The summed E-state index contributed by atoms with van der Waals surface area (Å²) in [6.07, 6.45) is 2.18. The van der Waals surface area contributed by atoms with Gasteiger partial charge in [-0.2, -0.15) is 0 Å². The molecule has 3 rings (SSSR count). The number of ether oxygens (including phenoxy) is 1. The molecule has 1 saturated carbocycles. The molecule has 24 heavy (non-hydrogen) atoms. The summed E-state index contributed by atoms with van der Waals surface area (Å²) in [6, 6.07) is 15.4. The van der Waals surface area contributed by atoms with Gasteiger partial charge in [-0.05, 0) is 61.7 Å². The van der Waals surface area contributed by atoms with Gasteiger partial charge in [0, 0.05) is 21.0 Å². The highest BCUT2D eigenvalue weighted by Gasteiger charge is 2.49. The molecule has 1 aliphatic rings. The van der Waals surface area contributed by atoms with E-state index < -0.39 is 0 Å². The summed E-state index contributed by atoms with van der Waals surface area (Å²) in [7, 11) is 0. The third-order valence-electron chi connectivity index (χ3n) is 4.60. The number of carbonyl (C=O) groups excluding carboxylic acids is 1. The molecule has 1 atom stereocenters. The average molecular weight is 409 g/mol. The predicted molar refractivity (Wildman–Crippen MR) is 99.6 cm³/mol. The summed E-state index contributed by atoms with van der Waals surface area (Å²) in [5.74, 6) is 0.525. The molecule has 0 heterocycles. The van der Waals surface area contributed by atoms with Crippen molar-refractivity contribution in [2.75, 3.05) is 6.61 Å². The summed E-state index contributed by atoms with van der Waals surface area (Å²) >= 11 is 9.29. The third kappa shape index (κ3) is 3.93. The number of rotatable bonds is 6. The summed E-state index contributed by atoms with van der Waals surface area (Å²) < 4.78 is 6.57. The van der Waals surface area contributed by atoms with Crippen LogP contribution in [0.3, 0.4) is 0 Å². The fourth-order valence-corrected chi connectivity index (χ4v) is 3.38. The summed E-state index contributed by atoms with van der Waals surface area (Å²) in [4.78, 5) is 12.2. The zero-order chi connectivity index (χ0) is 17.2. The highest BCUT2D eigenvalue weighted by Crippen LogP contribution is 2.51. The van der Waals surface area contributed by atoms with Crippen molar-refractivity contribution in [1.29, 1.82) is 0 Å². The van der Waals surface area contributed by atoms with E-state index in [2.05, 4.69) is 40.3 Å². The van der Waals surface area contributed by atoms with Crippen LogP contribution in [0.25, 0.3) is 0 Å². The molecule has 126 valence electrons. The van der Waals surface area contributed by atoms with E-state index in [1.807, 2.05) is 12.1 Å². The van der Waals surface area contributed by atoms with Crippen molar-refractivity contribution in [3.8, 4) is 5.75 Å². The lowest BCUT2D eigenvalue weighted by molar-refractivity contribution is -0.123. The fraction of sp³-hybridized carbons (Fsp3) is 0.316. The highest BCUT2D eigenvalue weighted by molar-refractivity contribution is 9.10. The van der Waals surface area contributed by atoms with Crippen LogP contribution >= 0.6 is 27.5 Å². The quantitative estimate of drug-likeness (QED) is 0.751. The van der Waals surface area contributed by atoms with Crippen molar-refractivity contribution in [2.45, 2.75) is 31.2 Å². The first-order chi connectivity index (χ1) is 11.5. The molecule has 0 radical (unpaired) electrons. The lowest BCUT2D eigenvalue weighted by atomic mass is 9.89. The summed E-state index contributed by atoms with van der Waals surface area (Å²) in [5.41, 5.74) is 1.33. The molecule has 2 aromatic rings. The number of nitrogens with one attached hydrogen (secondary N) is 1. The second-order valence-electron chi connectivity index (χ2n) is 6.19. The van der Waals surface area contributed by atoms with E-state index in [0.29, 0.717) is 10.8 Å². The van der Waals surface area contributed by atoms with Crippen molar-refractivity contribution in [2.24, 2.45) is 0 Å². The molecular weight excluding hydrogens is 390 g/mol. The molecule has 1 unspecified atom stereocenters. The Bertz CT molecular complexity index is 711. The van der Waals surface area contributed by atoms with Gasteiger partial charge in [0.15, 0.2) is 6.61 Å². The molecule has 0 saturated heterocycles. The standard InChI is InChI=1S/C19H19BrClNO2/c1-13(19(10-11-19)14-2-4-15(20)5-3-14)22-18(23)12-24-17-8-6-16(21)7-9-17/h2-9,13H,10-12H2,1H3,(H,22,23). The Morgan fingerprint density at radius 3 is 2.42 bits per heavy atom. The Morgan fingerprint density at radius 2 is 1.83 bits per heavy atom. The number of benzene rings is 2. The number of halogens is 2. The van der Waals surface area contributed by atoms with Crippen LogP contribution in [0.4, 0.5) is 0 Å². The second kappa shape index (κ2) is 7.16. The van der Waals surface area contributed by atoms with E-state index in [9.17, 15) is 4.79 Å². The molecule has 0 bridgehead atoms. The zero-order valence-electron chi connectivity index (χ0n) is 13.4. The van der Waals surface area contributed by atoms with Gasteiger partial charge >= 0.3 is 0 Å². The van der Waals surface area contributed by atoms with E-state index >= 15 is 0 Å². The van der Waals surface area contributed by atoms with Gasteiger partial charge in [-0.1, -0.05) is 39.7 Å². The molecule has 1 fully saturated rings. The predicted octanol–water partition coefficient (Wildman–Crippen LogP) is 4.72. The molecule has 1 N–H and O–H groups in total. The van der Waals surface area contributed by atoms with Gasteiger partial charge in [-0.25, -0.2) is 0 Å². The molecule has 0 spiro atoms. The lowest BCUT2D eigenvalue weighted by Gasteiger charge is -2.25. The van der Waals surface area contributed by atoms with Gasteiger partial charge in [0.25, 0.3) is 5.91 Å². The topological polar surface area (TPSA) is 38.3 Å². The van der Waals surface area contributed by atoms with Gasteiger partial charge in [-0.3, -0.25) is 4.79 Å². The molecule has 0 aliphatic heterocycles. The van der Waals surface area contributed by atoms with Crippen LogP contribution in [0.1, 0.15) is 25.3 Å². The fourth-order valence-electron chi connectivity index (χ4n) is 2.99. The average Bonchev–Trinajstić information content (AvgIpc) is 3.37. The number of amides is 1. The normalized spacial score (nSPS) is 16.3. The Balaban J connectivity index is 1.56. The Morgan fingerprint density at radius 1 is 1.21 bits per heavy atom.